The molecule has 4 rings (SSSR count). The minimum absolute atomic E-state index is 0.0315. The monoisotopic (exact) mass is 550 g/mol. The predicted molar refractivity (Wildman–Crippen MR) is 140 cm³/mol. The molecule has 1 fully saturated rings. The van der Waals surface area contributed by atoms with Crippen molar-refractivity contribution in [3.63, 3.8) is 0 Å². The molecule has 1 aliphatic carbocycles. The molecule has 1 saturated carbocycles. The van der Waals surface area contributed by atoms with Gasteiger partial charge in [0.05, 0.1) is 25.0 Å². The van der Waals surface area contributed by atoms with Gasteiger partial charge in [0.25, 0.3) is 0 Å². The molecule has 0 bridgehead atoms. The van der Waals surface area contributed by atoms with Gasteiger partial charge < -0.3 is 5.11 Å². The third-order valence-electron chi connectivity index (χ3n) is 6.33. The highest BCUT2D eigenvalue weighted by molar-refractivity contribution is 8.32. The number of nitrogens with zero attached hydrogens (tertiary/aromatic N) is 1. The molecule has 0 aliphatic heterocycles. The van der Waals surface area contributed by atoms with E-state index in [9.17, 15) is 18.3 Å². The molecule has 2 N–H and O–H groups in total. The van der Waals surface area contributed by atoms with Crippen LogP contribution in [-0.2, 0) is 10.1 Å². The summed E-state index contributed by atoms with van der Waals surface area (Å²) in [5.41, 5.74) is 0. The highest BCUT2D eigenvalue weighted by Crippen LogP contribution is 2.68. The summed E-state index contributed by atoms with van der Waals surface area (Å²) in [7, 11) is -7.75. The fraction of sp³-hybridized carbons (Fsp3) is 0.296. The zero-order valence-electron chi connectivity index (χ0n) is 20.1. The molecule has 1 amide bonds. The largest absolute Gasteiger partial charge is 0.465 e. The van der Waals surface area contributed by atoms with Gasteiger partial charge in [-0.2, -0.15) is 17.2 Å². The first-order chi connectivity index (χ1) is 17.7. The Morgan fingerprint density at radius 3 is 1.59 bits per heavy atom. The second kappa shape index (κ2) is 11.2. The van der Waals surface area contributed by atoms with Crippen molar-refractivity contribution in [2.75, 3.05) is 5.75 Å². The van der Waals surface area contributed by atoms with Crippen molar-refractivity contribution >= 4 is 26.5 Å². The van der Waals surface area contributed by atoms with Crippen LogP contribution >= 0.6 is 10.3 Å². The van der Waals surface area contributed by atoms with Crippen LogP contribution in [-0.4, -0.2) is 46.0 Å². The normalized spacial score (nSPS) is 15.7. The van der Waals surface area contributed by atoms with Crippen molar-refractivity contribution in [2.24, 2.45) is 0 Å². The van der Waals surface area contributed by atoms with Crippen LogP contribution in [0.5, 0.6) is 0 Å². The standard InChI is InChI=1S/C27H29F2NO5S2/c28-27(29,30(26(31)32)22-13-5-1-6-14-22)21-36(33,34)35-37(23-15-7-2-8-16-23,24-17-9-3-10-18-24)25-19-11-4-12-20-25/h2-4,7-12,15-20,22H,1,5-6,13-14,21H2,(H,31,32)/p+1. The fourth-order valence-electron chi connectivity index (χ4n) is 4.78. The summed E-state index contributed by atoms with van der Waals surface area (Å²) < 4.78 is 62.4. The lowest BCUT2D eigenvalue weighted by molar-refractivity contribution is -0.132. The molecule has 0 atom stereocenters. The van der Waals surface area contributed by atoms with Crippen LogP contribution in [0.2, 0.25) is 0 Å². The van der Waals surface area contributed by atoms with E-state index < -0.39 is 44.4 Å². The SMILES string of the molecule is O=C(O)N(C1CCCCC1)C(F)(F)CS(=O)(=O)[OH+]S(c1ccccc1)(c1ccccc1)c1ccccc1. The zero-order valence-corrected chi connectivity index (χ0v) is 21.8. The Morgan fingerprint density at radius 1 is 0.811 bits per heavy atom. The molecule has 37 heavy (non-hydrogen) atoms. The third-order valence-corrected chi connectivity index (χ3v) is 11.7. The predicted octanol–water partition coefficient (Wildman–Crippen LogP) is 7.21. The second-order valence-corrected chi connectivity index (χ2v) is 13.6. The lowest BCUT2D eigenvalue weighted by atomic mass is 9.94. The molecule has 0 saturated heterocycles. The Bertz CT molecular complexity index is 1190. The van der Waals surface area contributed by atoms with Crippen LogP contribution < -0.4 is 0 Å². The van der Waals surface area contributed by atoms with Crippen molar-refractivity contribution in [1.29, 1.82) is 0 Å². The number of halogens is 2. The summed E-state index contributed by atoms with van der Waals surface area (Å²) in [6.45, 7) is 0. The van der Waals surface area contributed by atoms with Gasteiger partial charge in [-0.3, -0.25) is 3.63 Å². The van der Waals surface area contributed by atoms with E-state index in [0.29, 0.717) is 27.5 Å². The molecule has 3 aromatic rings. The fourth-order valence-corrected chi connectivity index (χ4v) is 10.4. The average molecular weight is 551 g/mol. The number of hydrogen-bond acceptors (Lipinski definition) is 3. The van der Waals surface area contributed by atoms with Crippen molar-refractivity contribution in [3.8, 4) is 0 Å². The zero-order chi connectivity index (χ0) is 26.5. The Kier molecular flexibility index (Phi) is 8.20. The average Bonchev–Trinajstić information content (AvgIpc) is 2.88. The molecular formula is C27H30F2NO5S2+. The van der Waals surface area contributed by atoms with Gasteiger partial charge in [-0.05, 0) is 49.2 Å². The van der Waals surface area contributed by atoms with Gasteiger partial charge in [-0.1, -0.05) is 73.9 Å². The molecule has 3 aromatic carbocycles. The lowest BCUT2D eigenvalue weighted by Gasteiger charge is -2.38. The van der Waals surface area contributed by atoms with E-state index in [4.69, 9.17) is 0 Å². The first-order valence-corrected chi connectivity index (χ1v) is 15.2. The Hall–Kier alpha value is -2.95. The van der Waals surface area contributed by atoms with E-state index in [1.807, 2.05) is 0 Å². The summed E-state index contributed by atoms with van der Waals surface area (Å²) in [6, 6.07) is 21.1. The maximum Gasteiger partial charge on any atom is 0.412 e. The van der Waals surface area contributed by atoms with Crippen LogP contribution in [0.3, 0.4) is 0 Å². The second-order valence-electron chi connectivity index (χ2n) is 8.93. The summed E-state index contributed by atoms with van der Waals surface area (Å²) in [5, 5.41) is 9.65. The van der Waals surface area contributed by atoms with E-state index in [1.54, 1.807) is 91.0 Å². The molecule has 0 aromatic heterocycles. The first-order valence-electron chi connectivity index (χ1n) is 12.0. The van der Waals surface area contributed by atoms with Gasteiger partial charge in [0.2, 0.25) is 5.75 Å². The van der Waals surface area contributed by atoms with E-state index in [-0.39, 0.29) is 17.7 Å². The van der Waals surface area contributed by atoms with Gasteiger partial charge in [0.1, 0.15) is 0 Å². The highest BCUT2D eigenvalue weighted by atomic mass is 32.3. The Balaban J connectivity index is 1.80. The van der Waals surface area contributed by atoms with Crippen molar-refractivity contribution in [3.05, 3.63) is 91.0 Å². The number of carbonyl (C=O) groups is 1. The van der Waals surface area contributed by atoms with Crippen LogP contribution in [0.1, 0.15) is 32.1 Å². The van der Waals surface area contributed by atoms with E-state index in [2.05, 4.69) is 3.63 Å². The van der Waals surface area contributed by atoms with Gasteiger partial charge >= 0.3 is 22.3 Å². The number of rotatable bonds is 9. The number of alkyl halides is 2. The maximum atomic E-state index is 15.5. The van der Waals surface area contributed by atoms with Crippen molar-refractivity contribution in [1.82, 2.24) is 4.90 Å². The molecular weight excluding hydrogens is 520 g/mol. The van der Waals surface area contributed by atoms with Gasteiger partial charge in [-0.25, -0.2) is 9.69 Å². The summed E-state index contributed by atoms with van der Waals surface area (Å²) in [5.74, 6) is -1.73. The molecule has 0 radical (unpaired) electrons. The van der Waals surface area contributed by atoms with Crippen LogP contribution in [0.25, 0.3) is 0 Å². The molecule has 10 heteroatoms. The molecule has 0 unspecified atom stereocenters. The number of hydrogen-bond donors (Lipinski definition) is 1. The van der Waals surface area contributed by atoms with Crippen molar-refractivity contribution < 1.29 is 30.7 Å². The molecule has 6 nitrogen and oxygen atoms in total. The minimum atomic E-state index is -4.85. The number of benzene rings is 3. The van der Waals surface area contributed by atoms with Gasteiger partial charge in [-0.15, -0.1) is 0 Å². The molecule has 1 aliphatic rings. The van der Waals surface area contributed by atoms with Crippen LogP contribution in [0.4, 0.5) is 13.6 Å². The van der Waals surface area contributed by atoms with E-state index in [1.165, 1.54) is 0 Å². The minimum Gasteiger partial charge on any atom is -0.465 e. The molecule has 0 spiro atoms. The molecule has 0 heterocycles. The first kappa shape index (κ1) is 27.1. The topological polar surface area (TPSA) is 87.5 Å². The number of carboxylic acid groups (broad SMARTS) is 1. The Labute approximate surface area is 217 Å². The smallest absolute Gasteiger partial charge is 0.412 e. The van der Waals surface area contributed by atoms with Gasteiger partial charge in [0, 0.05) is 6.04 Å². The Morgan fingerprint density at radius 2 is 1.22 bits per heavy atom. The quantitative estimate of drug-likeness (QED) is 0.173. The van der Waals surface area contributed by atoms with E-state index >= 15 is 8.78 Å². The summed E-state index contributed by atoms with van der Waals surface area (Å²) in [4.78, 5) is 13.6. The summed E-state index contributed by atoms with van der Waals surface area (Å²) >= 11 is 0. The van der Waals surface area contributed by atoms with Crippen LogP contribution in [0, 0.1) is 0 Å². The van der Waals surface area contributed by atoms with Gasteiger partial charge in [0.15, 0.2) is 0 Å². The molecule has 198 valence electrons. The highest BCUT2D eigenvalue weighted by Gasteiger charge is 2.53. The van der Waals surface area contributed by atoms with E-state index in [0.717, 1.165) is 6.42 Å². The summed E-state index contributed by atoms with van der Waals surface area (Å²) in [6.07, 6.45) is 0.772. The number of amides is 1. The van der Waals surface area contributed by atoms with Crippen LogP contribution in [0.15, 0.2) is 106 Å². The maximum absolute atomic E-state index is 15.5. The third kappa shape index (κ3) is 5.97. The van der Waals surface area contributed by atoms with Crippen molar-refractivity contribution in [2.45, 2.75) is 58.9 Å². The lowest BCUT2D eigenvalue weighted by Crippen LogP contribution is -2.55.